The lowest BCUT2D eigenvalue weighted by Crippen LogP contribution is -2.46. The van der Waals surface area contributed by atoms with Gasteiger partial charge >= 0.3 is 12.2 Å². The number of carbonyl (C=O) groups is 3. The highest BCUT2D eigenvalue weighted by Crippen LogP contribution is 2.33. The van der Waals surface area contributed by atoms with Crippen molar-refractivity contribution in [2.75, 3.05) is 11.9 Å². The number of halogens is 3. The topological polar surface area (TPSA) is 78.5 Å². The summed E-state index contributed by atoms with van der Waals surface area (Å²) in [4.78, 5) is 39.7. The number of nitrogens with one attached hydrogen (secondary N) is 2. The number of urea groups is 1. The largest absolute Gasteiger partial charge is 0.416 e. The number of anilines is 1. The molecule has 34 heavy (non-hydrogen) atoms. The molecule has 4 rings (SSSR count). The molecule has 174 valence electrons. The number of carbonyl (C=O) groups excluding carboxylic acids is 3. The van der Waals surface area contributed by atoms with E-state index < -0.39 is 41.7 Å². The van der Waals surface area contributed by atoms with E-state index in [4.69, 9.17) is 0 Å². The van der Waals surface area contributed by atoms with Gasteiger partial charge in [-0.05, 0) is 29.3 Å². The van der Waals surface area contributed by atoms with E-state index in [0.717, 1.165) is 28.7 Å². The van der Waals surface area contributed by atoms with E-state index in [2.05, 4.69) is 10.6 Å². The SMILES string of the molecule is O=C(CN1C(=O)NC(Cc2ccccc2)(c2ccccc2)C1=O)Nc1cccc(C(F)(F)F)c1. The molecule has 1 unspecified atom stereocenters. The molecule has 0 aliphatic carbocycles. The predicted octanol–water partition coefficient (Wildman–Crippen LogP) is 4.33. The minimum absolute atomic E-state index is 0.0921. The van der Waals surface area contributed by atoms with E-state index in [-0.39, 0.29) is 12.1 Å². The second kappa shape index (κ2) is 9.01. The Balaban J connectivity index is 1.57. The molecule has 6 nitrogen and oxygen atoms in total. The molecule has 4 amide bonds. The van der Waals surface area contributed by atoms with Gasteiger partial charge in [0, 0.05) is 12.1 Å². The van der Waals surface area contributed by atoms with Crippen molar-refractivity contribution in [3.8, 4) is 0 Å². The molecule has 3 aromatic carbocycles. The van der Waals surface area contributed by atoms with Gasteiger partial charge in [0.05, 0.1) is 5.56 Å². The summed E-state index contributed by atoms with van der Waals surface area (Å²) in [5.41, 5.74) is -1.08. The average Bonchev–Trinajstić information content (AvgIpc) is 3.05. The van der Waals surface area contributed by atoms with Gasteiger partial charge in [-0.25, -0.2) is 4.79 Å². The summed E-state index contributed by atoms with van der Waals surface area (Å²) in [5.74, 6) is -1.42. The van der Waals surface area contributed by atoms with E-state index in [0.29, 0.717) is 5.56 Å². The second-order valence-corrected chi connectivity index (χ2v) is 7.88. The van der Waals surface area contributed by atoms with Crippen molar-refractivity contribution in [2.24, 2.45) is 0 Å². The van der Waals surface area contributed by atoms with E-state index in [1.165, 1.54) is 6.07 Å². The van der Waals surface area contributed by atoms with Crippen molar-refractivity contribution in [1.82, 2.24) is 10.2 Å². The van der Waals surface area contributed by atoms with Crippen LogP contribution in [0, 0.1) is 0 Å². The Labute approximate surface area is 193 Å². The first-order valence-electron chi connectivity index (χ1n) is 10.4. The molecule has 9 heteroatoms. The Kier molecular flexibility index (Phi) is 6.10. The number of benzene rings is 3. The Bertz CT molecular complexity index is 1220. The Morgan fingerprint density at radius 1 is 0.912 bits per heavy atom. The van der Waals surface area contributed by atoms with Crippen molar-refractivity contribution in [3.05, 3.63) is 102 Å². The standard InChI is InChI=1S/C25H20F3N3O3/c26-25(27,28)19-12-7-13-20(14-19)29-21(32)16-31-22(33)24(30-23(31)34,18-10-5-2-6-11-18)15-17-8-3-1-4-9-17/h1-14H,15-16H2,(H,29,32)(H,30,34). The molecule has 1 saturated heterocycles. The maximum atomic E-state index is 13.5. The third-order valence-corrected chi connectivity index (χ3v) is 5.53. The summed E-state index contributed by atoms with van der Waals surface area (Å²) in [5, 5.41) is 5.07. The zero-order chi connectivity index (χ0) is 24.3. The summed E-state index contributed by atoms with van der Waals surface area (Å²) in [6.07, 6.45) is -4.41. The van der Waals surface area contributed by atoms with Crippen LogP contribution in [0.15, 0.2) is 84.9 Å². The Morgan fingerprint density at radius 2 is 1.56 bits per heavy atom. The molecule has 1 heterocycles. The fourth-order valence-electron chi connectivity index (χ4n) is 3.93. The molecule has 0 bridgehead atoms. The van der Waals surface area contributed by atoms with Gasteiger partial charge < -0.3 is 10.6 Å². The first-order chi connectivity index (χ1) is 16.2. The van der Waals surface area contributed by atoms with E-state index in [9.17, 15) is 27.6 Å². The molecule has 1 atom stereocenters. The molecule has 1 aliphatic heterocycles. The number of hydrogen-bond acceptors (Lipinski definition) is 3. The van der Waals surface area contributed by atoms with Crippen LogP contribution in [-0.2, 0) is 27.7 Å². The second-order valence-electron chi connectivity index (χ2n) is 7.88. The summed E-state index contributed by atoms with van der Waals surface area (Å²) in [7, 11) is 0. The molecule has 0 saturated carbocycles. The maximum Gasteiger partial charge on any atom is 0.416 e. The fraction of sp³-hybridized carbons (Fsp3) is 0.160. The lowest BCUT2D eigenvalue weighted by molar-refractivity contribution is -0.137. The third kappa shape index (κ3) is 4.63. The van der Waals surface area contributed by atoms with Crippen molar-refractivity contribution in [3.63, 3.8) is 0 Å². The molecule has 0 spiro atoms. The monoisotopic (exact) mass is 467 g/mol. The zero-order valence-corrected chi connectivity index (χ0v) is 17.8. The number of rotatable bonds is 6. The summed E-state index contributed by atoms with van der Waals surface area (Å²) in [6, 6.07) is 21.2. The van der Waals surface area contributed by atoms with Crippen LogP contribution >= 0.6 is 0 Å². The molecule has 1 fully saturated rings. The van der Waals surface area contributed by atoms with Gasteiger partial charge in [0.15, 0.2) is 5.54 Å². The van der Waals surface area contributed by atoms with Gasteiger partial charge in [-0.2, -0.15) is 13.2 Å². The first-order valence-corrected chi connectivity index (χ1v) is 10.4. The van der Waals surface area contributed by atoms with Gasteiger partial charge in [-0.15, -0.1) is 0 Å². The van der Waals surface area contributed by atoms with Crippen LogP contribution in [-0.4, -0.2) is 29.3 Å². The average molecular weight is 467 g/mol. The van der Waals surface area contributed by atoms with Crippen LogP contribution in [0.2, 0.25) is 0 Å². The van der Waals surface area contributed by atoms with Gasteiger partial charge in [0.25, 0.3) is 5.91 Å². The number of amides is 4. The molecule has 3 aromatic rings. The van der Waals surface area contributed by atoms with Crippen LogP contribution in [0.4, 0.5) is 23.7 Å². The van der Waals surface area contributed by atoms with Crippen LogP contribution in [0.1, 0.15) is 16.7 Å². The van der Waals surface area contributed by atoms with Crippen LogP contribution < -0.4 is 10.6 Å². The Hall–Kier alpha value is -4.14. The van der Waals surface area contributed by atoms with Crippen LogP contribution in [0.25, 0.3) is 0 Å². The number of nitrogens with zero attached hydrogens (tertiary/aromatic N) is 1. The molecule has 2 N–H and O–H groups in total. The zero-order valence-electron chi connectivity index (χ0n) is 17.8. The minimum Gasteiger partial charge on any atom is -0.325 e. The number of alkyl halides is 3. The van der Waals surface area contributed by atoms with E-state index >= 15 is 0 Å². The highest BCUT2D eigenvalue weighted by atomic mass is 19.4. The van der Waals surface area contributed by atoms with Gasteiger partial charge in [-0.3, -0.25) is 14.5 Å². The molecular formula is C25H20F3N3O3. The predicted molar refractivity (Wildman–Crippen MR) is 119 cm³/mol. The number of imide groups is 1. The maximum absolute atomic E-state index is 13.5. The normalized spacial score (nSPS) is 18.0. The van der Waals surface area contributed by atoms with E-state index in [1.807, 2.05) is 30.3 Å². The summed E-state index contributed by atoms with van der Waals surface area (Å²) >= 11 is 0. The highest BCUT2D eigenvalue weighted by molar-refractivity contribution is 6.10. The number of hydrogen-bond donors (Lipinski definition) is 2. The minimum atomic E-state index is -4.57. The lowest BCUT2D eigenvalue weighted by atomic mass is 9.83. The molecular weight excluding hydrogens is 447 g/mol. The van der Waals surface area contributed by atoms with Crippen LogP contribution in [0.5, 0.6) is 0 Å². The smallest absolute Gasteiger partial charge is 0.325 e. The third-order valence-electron chi connectivity index (χ3n) is 5.53. The van der Waals surface area contributed by atoms with Crippen molar-refractivity contribution >= 4 is 23.5 Å². The Morgan fingerprint density at radius 3 is 2.21 bits per heavy atom. The molecule has 0 aromatic heterocycles. The summed E-state index contributed by atoms with van der Waals surface area (Å²) < 4.78 is 38.8. The van der Waals surface area contributed by atoms with Gasteiger partial charge in [0.2, 0.25) is 5.91 Å². The van der Waals surface area contributed by atoms with E-state index in [1.54, 1.807) is 30.3 Å². The fourth-order valence-corrected chi connectivity index (χ4v) is 3.93. The van der Waals surface area contributed by atoms with Crippen molar-refractivity contribution in [1.29, 1.82) is 0 Å². The summed E-state index contributed by atoms with van der Waals surface area (Å²) in [6.45, 7) is -0.649. The van der Waals surface area contributed by atoms with Gasteiger partial charge in [0.1, 0.15) is 6.54 Å². The molecule has 0 radical (unpaired) electrons. The van der Waals surface area contributed by atoms with Crippen molar-refractivity contribution in [2.45, 2.75) is 18.1 Å². The highest BCUT2D eigenvalue weighted by Gasteiger charge is 2.52. The first kappa shape index (κ1) is 23.0. The quantitative estimate of drug-likeness (QED) is 0.530. The molecule has 1 aliphatic rings. The van der Waals surface area contributed by atoms with Gasteiger partial charge in [-0.1, -0.05) is 66.7 Å². The van der Waals surface area contributed by atoms with Crippen LogP contribution in [0.3, 0.4) is 0 Å². The van der Waals surface area contributed by atoms with Crippen molar-refractivity contribution < 1.29 is 27.6 Å². The lowest BCUT2D eigenvalue weighted by Gasteiger charge is -2.27.